The summed E-state index contributed by atoms with van der Waals surface area (Å²) < 4.78 is 18.5. The van der Waals surface area contributed by atoms with Crippen molar-refractivity contribution in [3.05, 3.63) is 0 Å². The molecule has 4 atom stereocenters. The van der Waals surface area contributed by atoms with Crippen molar-refractivity contribution in [2.24, 2.45) is 5.92 Å². The summed E-state index contributed by atoms with van der Waals surface area (Å²) in [6, 6.07) is -0.715. The number of carbonyl (C=O) groups is 1. The highest BCUT2D eigenvalue weighted by molar-refractivity contribution is 5.69. The van der Waals surface area contributed by atoms with Crippen LogP contribution in [0.15, 0.2) is 0 Å². The van der Waals surface area contributed by atoms with Crippen LogP contribution in [0.1, 0.15) is 40.0 Å². The van der Waals surface area contributed by atoms with E-state index < -0.39 is 30.5 Å². The van der Waals surface area contributed by atoms with Gasteiger partial charge in [0.15, 0.2) is 0 Å². The van der Waals surface area contributed by atoms with Crippen molar-refractivity contribution >= 4 is 6.09 Å². The first-order chi connectivity index (χ1) is 8.33. The highest BCUT2D eigenvalue weighted by Crippen LogP contribution is 2.40. The fraction of sp³-hybridized carbons (Fsp3) is 0.923. The third-order valence-electron chi connectivity index (χ3n) is 3.84. The van der Waals surface area contributed by atoms with Crippen LogP contribution in [0.25, 0.3) is 0 Å². The third kappa shape index (κ3) is 2.46. The molecule has 0 aromatic carbocycles. The molecule has 0 aromatic heterocycles. The summed E-state index contributed by atoms with van der Waals surface area (Å²) >= 11 is 0. The van der Waals surface area contributed by atoms with Crippen molar-refractivity contribution in [3.63, 3.8) is 0 Å². The summed E-state index contributed by atoms with van der Waals surface area (Å²) in [5.74, 6) is 0.0579. The van der Waals surface area contributed by atoms with Gasteiger partial charge in [0.05, 0.1) is 18.2 Å². The Labute approximate surface area is 107 Å². The molecule has 2 heterocycles. The molecule has 3 rings (SSSR count). The van der Waals surface area contributed by atoms with Gasteiger partial charge in [0.25, 0.3) is 0 Å². The molecule has 1 amide bonds. The highest BCUT2D eigenvalue weighted by Gasteiger charge is 2.49. The molecule has 2 saturated heterocycles. The predicted molar refractivity (Wildman–Crippen MR) is 65.0 cm³/mol. The minimum atomic E-state index is -0.598. The maximum absolute atomic E-state index is 13.2. The number of ether oxygens (including phenoxy) is 1. The molecule has 3 aliphatic rings. The first-order valence-corrected chi connectivity index (χ1v) is 6.59. The molecule has 1 N–H and O–H groups in total. The molecule has 2 aliphatic heterocycles. The number of aliphatic hydroxyl groups is 1. The Morgan fingerprint density at radius 1 is 1.44 bits per heavy atom. The fourth-order valence-corrected chi connectivity index (χ4v) is 3.10. The van der Waals surface area contributed by atoms with Crippen LogP contribution in [-0.4, -0.2) is 46.6 Å². The molecule has 0 radical (unpaired) electrons. The number of alkyl halides is 1. The number of carbonyl (C=O) groups excluding carboxylic acids is 1. The average Bonchev–Trinajstić information content (AvgIpc) is 2.26. The van der Waals surface area contributed by atoms with E-state index in [0.29, 0.717) is 6.42 Å². The van der Waals surface area contributed by atoms with Crippen LogP contribution in [0.5, 0.6) is 0 Å². The lowest BCUT2D eigenvalue weighted by molar-refractivity contribution is -0.0976. The van der Waals surface area contributed by atoms with Crippen LogP contribution in [0.3, 0.4) is 0 Å². The molecule has 0 aromatic rings. The molecule has 3 fully saturated rings. The molecular weight excluding hydrogens is 237 g/mol. The number of fused-ring (bicyclic) bond motifs is 3. The summed E-state index contributed by atoms with van der Waals surface area (Å²) in [5, 5.41) is 9.96. The second kappa shape index (κ2) is 4.68. The fourth-order valence-electron chi connectivity index (χ4n) is 3.10. The van der Waals surface area contributed by atoms with Crippen LogP contribution >= 0.6 is 0 Å². The number of aliphatic hydroxyl groups excluding tert-OH is 1. The van der Waals surface area contributed by atoms with Gasteiger partial charge in [-0.05, 0) is 46.0 Å². The molecule has 5 heteroatoms. The van der Waals surface area contributed by atoms with Crippen LogP contribution in [0, 0.1) is 5.92 Å². The van der Waals surface area contributed by atoms with Gasteiger partial charge in [0.2, 0.25) is 0 Å². The van der Waals surface area contributed by atoms with Crippen LogP contribution < -0.4 is 0 Å². The Hall–Kier alpha value is -0.840. The largest absolute Gasteiger partial charge is 0.444 e. The summed E-state index contributed by atoms with van der Waals surface area (Å²) in [6.45, 7) is 4.79. The zero-order valence-corrected chi connectivity index (χ0v) is 11.2. The lowest BCUT2D eigenvalue weighted by Crippen LogP contribution is -2.64. The highest BCUT2D eigenvalue weighted by atomic mass is 19.1. The van der Waals surface area contributed by atoms with E-state index in [1.165, 1.54) is 4.90 Å². The lowest BCUT2D eigenvalue weighted by Gasteiger charge is -2.52. The van der Waals surface area contributed by atoms with Crippen molar-refractivity contribution < 1.29 is 19.0 Å². The summed E-state index contributed by atoms with van der Waals surface area (Å²) in [6.07, 6.45) is 1.17. The Kier molecular flexibility index (Phi) is 3.54. The Balaban J connectivity index is 2.16. The number of amides is 1. The van der Waals surface area contributed by atoms with Gasteiger partial charge in [0, 0.05) is 0 Å². The van der Waals surface area contributed by atoms with Gasteiger partial charge >= 0.3 is 6.09 Å². The maximum Gasteiger partial charge on any atom is 0.410 e. The summed E-state index contributed by atoms with van der Waals surface area (Å²) in [7, 11) is 0. The van der Waals surface area contributed by atoms with Crippen molar-refractivity contribution in [1.82, 2.24) is 4.90 Å². The molecule has 0 spiro atoms. The number of hydrogen-bond donors (Lipinski definition) is 1. The molecule has 18 heavy (non-hydrogen) atoms. The van der Waals surface area contributed by atoms with Gasteiger partial charge in [-0.15, -0.1) is 0 Å². The SMILES string of the molecule is CC(C)(C)OC(=O)N1[C@H](CF)[C@@H]2CC[C@H]1[C@@H](O)C2. The molecule has 4 nitrogen and oxygen atoms in total. The van der Waals surface area contributed by atoms with Crippen LogP contribution in [-0.2, 0) is 4.74 Å². The zero-order valence-electron chi connectivity index (χ0n) is 11.2. The number of piperidine rings is 2. The molecule has 104 valence electrons. The van der Waals surface area contributed by atoms with Crippen LogP contribution in [0.4, 0.5) is 9.18 Å². The standard InChI is InChI=1S/C13H22FNO3/c1-13(2,3)18-12(17)15-9-5-4-8(6-11(9)16)10(15)7-14/h8-11,16H,4-7H2,1-3H3/t8-,9+,10-,11+/m1/s1. The van der Waals surface area contributed by atoms with E-state index in [9.17, 15) is 14.3 Å². The lowest BCUT2D eigenvalue weighted by atomic mass is 9.73. The normalized spacial score (nSPS) is 35.7. The van der Waals surface area contributed by atoms with Gasteiger partial charge in [-0.2, -0.15) is 0 Å². The average molecular weight is 259 g/mol. The zero-order chi connectivity index (χ0) is 13.5. The Bertz CT molecular complexity index is 327. The summed E-state index contributed by atoms with van der Waals surface area (Å²) in [5.41, 5.74) is -0.598. The van der Waals surface area contributed by atoms with Crippen molar-refractivity contribution in [1.29, 1.82) is 0 Å². The maximum atomic E-state index is 13.2. The molecule has 2 bridgehead atoms. The first kappa shape index (κ1) is 13.6. The second-order valence-corrected chi connectivity index (χ2v) is 6.32. The molecule has 1 aliphatic carbocycles. The van der Waals surface area contributed by atoms with Gasteiger partial charge in [-0.25, -0.2) is 9.18 Å². The molecule has 0 unspecified atom stereocenters. The second-order valence-electron chi connectivity index (χ2n) is 6.32. The van der Waals surface area contributed by atoms with E-state index in [2.05, 4.69) is 0 Å². The molecule has 1 saturated carbocycles. The van der Waals surface area contributed by atoms with Crippen molar-refractivity contribution in [3.8, 4) is 0 Å². The first-order valence-electron chi connectivity index (χ1n) is 6.59. The minimum Gasteiger partial charge on any atom is -0.444 e. The van der Waals surface area contributed by atoms with E-state index in [0.717, 1.165) is 12.8 Å². The van der Waals surface area contributed by atoms with Crippen molar-refractivity contribution in [2.75, 3.05) is 6.67 Å². The summed E-state index contributed by atoms with van der Waals surface area (Å²) in [4.78, 5) is 13.6. The Morgan fingerprint density at radius 2 is 2.11 bits per heavy atom. The van der Waals surface area contributed by atoms with E-state index in [-0.39, 0.29) is 12.0 Å². The Morgan fingerprint density at radius 3 is 2.61 bits per heavy atom. The number of hydrogen-bond acceptors (Lipinski definition) is 3. The monoisotopic (exact) mass is 259 g/mol. The third-order valence-corrected chi connectivity index (χ3v) is 3.84. The van der Waals surface area contributed by atoms with Gasteiger partial charge < -0.3 is 9.84 Å². The van der Waals surface area contributed by atoms with Gasteiger partial charge in [0.1, 0.15) is 12.3 Å². The number of nitrogens with zero attached hydrogens (tertiary/aromatic N) is 1. The number of halogens is 1. The number of rotatable bonds is 1. The molecular formula is C13H22FNO3. The van der Waals surface area contributed by atoms with Gasteiger partial charge in [-0.3, -0.25) is 4.90 Å². The van der Waals surface area contributed by atoms with E-state index in [1.807, 2.05) is 0 Å². The topological polar surface area (TPSA) is 49.8 Å². The minimum absolute atomic E-state index is 0.0579. The quantitative estimate of drug-likeness (QED) is 0.784. The van der Waals surface area contributed by atoms with E-state index >= 15 is 0 Å². The van der Waals surface area contributed by atoms with E-state index in [1.54, 1.807) is 20.8 Å². The van der Waals surface area contributed by atoms with Crippen molar-refractivity contribution in [2.45, 2.75) is 63.8 Å². The van der Waals surface area contributed by atoms with Crippen LogP contribution in [0.2, 0.25) is 0 Å². The van der Waals surface area contributed by atoms with Gasteiger partial charge in [-0.1, -0.05) is 0 Å². The predicted octanol–water partition coefficient (Wildman–Crippen LogP) is 2.10. The van der Waals surface area contributed by atoms with E-state index in [4.69, 9.17) is 4.74 Å². The smallest absolute Gasteiger partial charge is 0.410 e.